The molecule has 0 aliphatic carbocycles. The maximum Gasteiger partial charge on any atom is 0.0762 e. The van der Waals surface area contributed by atoms with Crippen LogP contribution in [0.5, 0.6) is 0 Å². The van der Waals surface area contributed by atoms with Gasteiger partial charge in [-0.2, -0.15) is 0 Å². The molecule has 0 bridgehead atoms. The lowest BCUT2D eigenvalue weighted by atomic mass is 10.1. The Morgan fingerprint density at radius 2 is 2.00 bits per heavy atom. The van der Waals surface area contributed by atoms with E-state index in [0.29, 0.717) is 0 Å². The van der Waals surface area contributed by atoms with Gasteiger partial charge in [-0.25, -0.2) is 0 Å². The molecule has 18 heavy (non-hydrogen) atoms. The zero-order valence-electron chi connectivity index (χ0n) is 10.3. The highest BCUT2D eigenvalue weighted by Gasteiger charge is 2.19. The van der Waals surface area contributed by atoms with Gasteiger partial charge < -0.3 is 5.32 Å². The monoisotopic (exact) mass is 407 g/mol. The van der Waals surface area contributed by atoms with E-state index in [1.54, 1.807) is 11.3 Å². The topological polar surface area (TPSA) is 12.0 Å². The van der Waals surface area contributed by atoms with Crippen LogP contribution in [0.4, 0.5) is 0 Å². The highest BCUT2D eigenvalue weighted by atomic mass is 79.9. The zero-order chi connectivity index (χ0) is 13.1. The molecule has 2 rings (SSSR count). The summed E-state index contributed by atoms with van der Waals surface area (Å²) >= 11 is 10.8. The van der Waals surface area contributed by atoms with E-state index in [2.05, 4.69) is 69.2 Å². The van der Waals surface area contributed by atoms with Gasteiger partial charge in [-0.3, -0.25) is 0 Å². The Morgan fingerprint density at radius 3 is 2.50 bits per heavy atom. The third-order valence-electron chi connectivity index (χ3n) is 2.72. The zero-order valence-corrected chi connectivity index (χ0v) is 15.1. The maximum atomic E-state index is 3.66. The predicted molar refractivity (Wildman–Crippen MR) is 88.9 cm³/mol. The Kier molecular flexibility index (Phi) is 5.45. The second-order valence-corrected chi connectivity index (χ2v) is 8.88. The van der Waals surface area contributed by atoms with Gasteiger partial charge in [-0.05, 0) is 63.0 Å². The molecule has 1 unspecified atom stereocenters. The van der Waals surface area contributed by atoms with Crippen molar-refractivity contribution in [3.63, 3.8) is 0 Å². The van der Waals surface area contributed by atoms with E-state index in [0.717, 1.165) is 13.0 Å². The molecule has 1 N–H and O–H groups in total. The molecule has 0 radical (unpaired) electrons. The molecule has 2 heterocycles. The first-order valence-electron chi connectivity index (χ1n) is 5.92. The summed E-state index contributed by atoms with van der Waals surface area (Å²) in [5.74, 6) is 0. The molecule has 0 spiro atoms. The second-order valence-electron chi connectivity index (χ2n) is 3.93. The number of thiophene rings is 2. The van der Waals surface area contributed by atoms with Crippen LogP contribution in [-0.4, -0.2) is 6.54 Å². The summed E-state index contributed by atoms with van der Waals surface area (Å²) in [5, 5.41) is 3.57. The average Bonchev–Trinajstić information content (AvgIpc) is 2.93. The van der Waals surface area contributed by atoms with Crippen LogP contribution in [-0.2, 0) is 6.42 Å². The quantitative estimate of drug-likeness (QED) is 0.679. The van der Waals surface area contributed by atoms with E-state index >= 15 is 0 Å². The summed E-state index contributed by atoms with van der Waals surface area (Å²) < 4.78 is 2.37. The minimum absolute atomic E-state index is 0.289. The van der Waals surface area contributed by atoms with Crippen molar-refractivity contribution in [1.29, 1.82) is 0 Å². The lowest BCUT2D eigenvalue weighted by Crippen LogP contribution is -2.20. The Morgan fingerprint density at radius 1 is 1.22 bits per heavy atom. The Bertz CT molecular complexity index is 519. The van der Waals surface area contributed by atoms with Crippen molar-refractivity contribution in [2.45, 2.75) is 26.3 Å². The van der Waals surface area contributed by atoms with Crippen molar-refractivity contribution in [2.75, 3.05) is 6.54 Å². The summed E-state index contributed by atoms with van der Waals surface area (Å²) in [6.07, 6.45) is 1.11. The van der Waals surface area contributed by atoms with Crippen LogP contribution in [0, 0.1) is 0 Å². The highest BCUT2D eigenvalue weighted by Crippen LogP contribution is 2.39. The van der Waals surface area contributed by atoms with Crippen LogP contribution in [0.15, 0.2) is 25.8 Å². The Labute approximate surface area is 133 Å². The van der Waals surface area contributed by atoms with Crippen LogP contribution in [0.2, 0.25) is 0 Å². The lowest BCUT2D eigenvalue weighted by Gasteiger charge is -2.16. The van der Waals surface area contributed by atoms with Gasteiger partial charge in [0.2, 0.25) is 0 Å². The maximum absolute atomic E-state index is 3.66. The number of nitrogens with one attached hydrogen (secondary N) is 1. The fourth-order valence-electron chi connectivity index (χ4n) is 1.86. The molecule has 0 fully saturated rings. The van der Waals surface area contributed by atoms with Gasteiger partial charge in [0.1, 0.15) is 0 Å². The van der Waals surface area contributed by atoms with Gasteiger partial charge in [-0.1, -0.05) is 13.8 Å². The Hall–Kier alpha value is 0.320. The average molecular weight is 409 g/mol. The van der Waals surface area contributed by atoms with E-state index < -0.39 is 0 Å². The van der Waals surface area contributed by atoms with Crippen LogP contribution in [0.25, 0.3) is 0 Å². The molecule has 0 amide bonds. The van der Waals surface area contributed by atoms with Crippen molar-refractivity contribution >= 4 is 54.5 Å². The number of hydrogen-bond donors (Lipinski definition) is 1. The summed E-state index contributed by atoms with van der Waals surface area (Å²) in [5.41, 5.74) is 1.32. The van der Waals surface area contributed by atoms with Crippen molar-refractivity contribution in [2.24, 2.45) is 0 Å². The molecule has 5 heteroatoms. The van der Waals surface area contributed by atoms with E-state index in [9.17, 15) is 0 Å². The molecule has 0 aromatic carbocycles. The molecular formula is C13H15Br2NS2. The van der Waals surface area contributed by atoms with Crippen LogP contribution in [0.3, 0.4) is 0 Å². The summed E-state index contributed by atoms with van der Waals surface area (Å²) in [7, 11) is 0. The number of aryl methyl sites for hydroxylation is 1. The SMILES string of the molecule is CCNC(c1ccc(CC)s1)c1cc(Br)sc1Br. The van der Waals surface area contributed by atoms with E-state index in [1.807, 2.05) is 11.3 Å². The van der Waals surface area contributed by atoms with Gasteiger partial charge >= 0.3 is 0 Å². The molecular weight excluding hydrogens is 394 g/mol. The first-order valence-corrected chi connectivity index (χ1v) is 9.14. The normalized spacial score (nSPS) is 12.9. The standard InChI is InChI=1S/C13H15Br2NS2/c1-3-8-5-6-10(17-8)12(16-4-2)9-7-11(14)18-13(9)15/h5-7,12,16H,3-4H2,1-2H3. The van der Waals surface area contributed by atoms with E-state index in [1.165, 1.54) is 22.9 Å². The second kappa shape index (κ2) is 6.66. The molecule has 0 saturated carbocycles. The van der Waals surface area contributed by atoms with E-state index in [4.69, 9.17) is 0 Å². The van der Waals surface area contributed by atoms with Gasteiger partial charge in [-0.15, -0.1) is 22.7 Å². The summed E-state index contributed by atoms with van der Waals surface area (Å²) in [6.45, 7) is 5.32. The first kappa shape index (κ1) is 14.7. The number of rotatable bonds is 5. The molecule has 0 aliphatic heterocycles. The lowest BCUT2D eigenvalue weighted by molar-refractivity contribution is 0.639. The molecule has 0 aliphatic rings. The van der Waals surface area contributed by atoms with Crippen molar-refractivity contribution in [3.8, 4) is 0 Å². The Balaban J connectivity index is 2.36. The third-order valence-corrected chi connectivity index (χ3v) is 6.40. The molecule has 0 saturated heterocycles. The molecule has 2 aromatic rings. The molecule has 1 atom stereocenters. The fourth-order valence-corrected chi connectivity index (χ4v) is 5.81. The minimum atomic E-state index is 0.289. The van der Waals surface area contributed by atoms with Crippen LogP contribution < -0.4 is 5.32 Å². The number of hydrogen-bond acceptors (Lipinski definition) is 3. The summed E-state index contributed by atoms with van der Waals surface area (Å²) in [6, 6.07) is 6.97. The summed E-state index contributed by atoms with van der Waals surface area (Å²) in [4.78, 5) is 2.83. The van der Waals surface area contributed by atoms with Crippen molar-refractivity contribution in [1.82, 2.24) is 5.32 Å². The van der Waals surface area contributed by atoms with Gasteiger partial charge in [0, 0.05) is 15.3 Å². The minimum Gasteiger partial charge on any atom is -0.306 e. The third kappa shape index (κ3) is 3.25. The van der Waals surface area contributed by atoms with Gasteiger partial charge in [0.25, 0.3) is 0 Å². The largest absolute Gasteiger partial charge is 0.306 e. The van der Waals surface area contributed by atoms with Crippen molar-refractivity contribution in [3.05, 3.63) is 41.1 Å². The molecule has 1 nitrogen and oxygen atoms in total. The van der Waals surface area contributed by atoms with Gasteiger partial charge in [0.15, 0.2) is 0 Å². The predicted octanol–water partition coefficient (Wildman–Crippen LogP) is 5.60. The van der Waals surface area contributed by atoms with Crippen LogP contribution >= 0.6 is 54.5 Å². The molecule has 2 aromatic heterocycles. The first-order chi connectivity index (χ1) is 8.65. The molecule has 98 valence electrons. The smallest absolute Gasteiger partial charge is 0.0762 e. The fraction of sp³-hybridized carbons (Fsp3) is 0.385. The van der Waals surface area contributed by atoms with E-state index in [-0.39, 0.29) is 6.04 Å². The van der Waals surface area contributed by atoms with Crippen LogP contribution in [0.1, 0.15) is 35.2 Å². The highest BCUT2D eigenvalue weighted by molar-refractivity contribution is 9.12. The van der Waals surface area contributed by atoms with Crippen molar-refractivity contribution < 1.29 is 0 Å². The number of halogens is 2. The van der Waals surface area contributed by atoms with Gasteiger partial charge in [0.05, 0.1) is 13.6 Å².